The summed E-state index contributed by atoms with van der Waals surface area (Å²) >= 11 is 1.70. The summed E-state index contributed by atoms with van der Waals surface area (Å²) in [6.07, 6.45) is 0. The Bertz CT molecular complexity index is 1050. The first-order valence-corrected chi connectivity index (χ1v) is 10.9. The zero-order valence-electron chi connectivity index (χ0n) is 17.1. The Morgan fingerprint density at radius 3 is 1.45 bits per heavy atom. The van der Waals surface area contributed by atoms with Gasteiger partial charge in [0.2, 0.25) is 26.5 Å². The molecule has 0 aliphatic rings. The van der Waals surface area contributed by atoms with Gasteiger partial charge in [-0.2, -0.15) is 15.0 Å². The molecule has 1 aromatic heterocycles. The zero-order chi connectivity index (χ0) is 22.4. The molecule has 0 atom stereocenters. The molecule has 156 valence electrons. The van der Waals surface area contributed by atoms with E-state index in [9.17, 15) is 9.59 Å². The Morgan fingerprint density at radius 2 is 1.10 bits per heavy atom. The van der Waals surface area contributed by atoms with E-state index in [0.717, 1.165) is 34.9 Å². The molecule has 0 saturated carbocycles. The number of nitrogens with zero attached hydrogens (tertiary/aromatic N) is 4. The minimum Gasteiger partial charge on any atom is -0.281 e. The van der Waals surface area contributed by atoms with E-state index in [-0.39, 0.29) is 20.5 Å². The Hall–Kier alpha value is -3.23. The van der Waals surface area contributed by atoms with Gasteiger partial charge in [-0.05, 0) is 72.8 Å². The Kier molecular flexibility index (Phi) is 7.38. The highest BCUT2D eigenvalue weighted by Crippen LogP contribution is 2.34. The second-order valence-corrected chi connectivity index (χ2v) is 8.43. The molecule has 3 aromatic rings. The van der Waals surface area contributed by atoms with Gasteiger partial charge in [0.1, 0.15) is 0 Å². The number of anilines is 3. The summed E-state index contributed by atoms with van der Waals surface area (Å²) in [5.74, 6) is 0.293. The van der Waals surface area contributed by atoms with E-state index in [4.69, 9.17) is 0 Å². The summed E-state index contributed by atoms with van der Waals surface area (Å²) in [6.45, 7) is 10.6. The average Bonchev–Trinajstić information content (AvgIpc) is 2.75. The molecular weight excluding hydrogens is 428 g/mol. The highest BCUT2D eigenvalue weighted by Gasteiger charge is 2.21. The summed E-state index contributed by atoms with van der Waals surface area (Å²) in [7, 11) is 0. The quantitative estimate of drug-likeness (QED) is 0.335. The molecule has 8 heteroatoms. The molecule has 6 nitrogen and oxygen atoms in total. The lowest BCUT2D eigenvalue weighted by atomic mass is 10.2. The van der Waals surface area contributed by atoms with Crippen LogP contribution in [0.5, 0.6) is 0 Å². The Balaban J connectivity index is 2.14. The first-order valence-electron chi connectivity index (χ1n) is 9.27. The number of benzene rings is 2. The number of aromatic nitrogens is 3. The largest absolute Gasteiger partial charge is 0.281 e. The van der Waals surface area contributed by atoms with Crippen molar-refractivity contribution in [1.82, 2.24) is 15.0 Å². The number of thioether (sulfide) groups is 2. The zero-order valence-corrected chi connectivity index (χ0v) is 18.7. The molecule has 0 saturated heterocycles. The molecular formula is C23H20N4O2S2. The fraction of sp³-hybridized carbons (Fsp3) is 0.0870. The third-order valence-electron chi connectivity index (χ3n) is 3.88. The van der Waals surface area contributed by atoms with Crippen molar-refractivity contribution < 1.29 is 9.59 Å². The molecule has 0 spiro atoms. The van der Waals surface area contributed by atoms with Gasteiger partial charge in [-0.3, -0.25) is 14.5 Å². The van der Waals surface area contributed by atoms with Crippen LogP contribution in [0, 0.1) is 0 Å². The van der Waals surface area contributed by atoms with Gasteiger partial charge in [0.05, 0.1) is 0 Å². The molecule has 0 aliphatic heterocycles. The van der Waals surface area contributed by atoms with Crippen molar-refractivity contribution in [1.29, 1.82) is 0 Å². The highest BCUT2D eigenvalue weighted by molar-refractivity contribution is 8.14. The number of rotatable bonds is 7. The molecule has 3 rings (SSSR count). The molecule has 31 heavy (non-hydrogen) atoms. The molecule has 1 heterocycles. The van der Waals surface area contributed by atoms with E-state index in [2.05, 4.69) is 28.1 Å². The smallest absolute Gasteiger partial charge is 0.239 e. The van der Waals surface area contributed by atoms with E-state index >= 15 is 0 Å². The van der Waals surface area contributed by atoms with Crippen LogP contribution in [0.3, 0.4) is 0 Å². The number of carbonyl (C=O) groups is 2. The van der Waals surface area contributed by atoms with Gasteiger partial charge < -0.3 is 0 Å². The predicted molar refractivity (Wildman–Crippen MR) is 126 cm³/mol. The van der Waals surface area contributed by atoms with Gasteiger partial charge in [0.15, 0.2) is 0 Å². The van der Waals surface area contributed by atoms with Crippen molar-refractivity contribution in [2.75, 3.05) is 4.90 Å². The summed E-state index contributed by atoms with van der Waals surface area (Å²) < 4.78 is 0. The third kappa shape index (κ3) is 5.90. The monoisotopic (exact) mass is 448 g/mol. The lowest BCUT2D eigenvalue weighted by Crippen LogP contribution is -2.15. The van der Waals surface area contributed by atoms with Crippen LogP contribution < -0.4 is 4.90 Å². The van der Waals surface area contributed by atoms with Crippen molar-refractivity contribution in [3.63, 3.8) is 0 Å². The fourth-order valence-corrected chi connectivity index (χ4v) is 3.65. The number of hydrogen-bond acceptors (Lipinski definition) is 8. The molecule has 0 amide bonds. The second-order valence-electron chi connectivity index (χ2n) is 6.55. The van der Waals surface area contributed by atoms with Crippen LogP contribution in [0.1, 0.15) is 13.8 Å². The summed E-state index contributed by atoms with van der Waals surface area (Å²) in [5, 5.41) is -0.144. The van der Waals surface area contributed by atoms with Crippen molar-refractivity contribution in [3.8, 4) is 0 Å². The minimum absolute atomic E-state index is 0.187. The van der Waals surface area contributed by atoms with Gasteiger partial charge in [-0.25, -0.2) is 0 Å². The molecule has 0 N–H and O–H groups in total. The Labute approximate surface area is 189 Å². The van der Waals surface area contributed by atoms with Crippen molar-refractivity contribution in [3.05, 3.63) is 85.0 Å². The van der Waals surface area contributed by atoms with Gasteiger partial charge in [-0.15, -0.1) is 0 Å². The topological polar surface area (TPSA) is 76.1 Å². The standard InChI is InChI=1S/C23H20N4O2S2/c1-15(2)19(28)30-22-24-21(25-23(26-22)31-20(29)16(3)4)27(17-11-7-5-8-12-17)18-13-9-6-10-14-18/h5-14H,1,3H2,2,4H3. The molecule has 2 aromatic carbocycles. The van der Waals surface area contributed by atoms with Crippen molar-refractivity contribution in [2.45, 2.75) is 24.2 Å². The van der Waals surface area contributed by atoms with Crippen LogP contribution in [0.15, 0.2) is 95.3 Å². The molecule has 0 aliphatic carbocycles. The second kappa shape index (κ2) is 10.2. The van der Waals surface area contributed by atoms with Crippen LogP contribution in [-0.4, -0.2) is 25.2 Å². The van der Waals surface area contributed by atoms with Crippen LogP contribution >= 0.6 is 23.5 Å². The fourth-order valence-electron chi connectivity index (χ4n) is 2.39. The van der Waals surface area contributed by atoms with Crippen molar-refractivity contribution >= 4 is 51.1 Å². The van der Waals surface area contributed by atoms with Crippen LogP contribution in [0.2, 0.25) is 0 Å². The maximum absolute atomic E-state index is 12.2. The first-order chi connectivity index (χ1) is 14.8. The van der Waals surface area contributed by atoms with E-state index in [1.165, 1.54) is 0 Å². The van der Waals surface area contributed by atoms with Crippen LogP contribution in [-0.2, 0) is 9.59 Å². The first kappa shape index (κ1) is 22.5. The van der Waals surface area contributed by atoms with Crippen LogP contribution in [0.25, 0.3) is 0 Å². The third-order valence-corrected chi connectivity index (χ3v) is 5.67. The van der Waals surface area contributed by atoms with Gasteiger partial charge in [-0.1, -0.05) is 49.6 Å². The molecule has 0 radical (unpaired) electrons. The number of hydrogen-bond donors (Lipinski definition) is 0. The lowest BCUT2D eigenvalue weighted by Gasteiger charge is -2.23. The highest BCUT2D eigenvalue weighted by atomic mass is 32.2. The van der Waals surface area contributed by atoms with E-state index in [1.807, 2.05) is 65.6 Å². The number of para-hydroxylation sites is 2. The summed E-state index contributed by atoms with van der Waals surface area (Å²) in [6, 6.07) is 19.2. The van der Waals surface area contributed by atoms with Gasteiger partial charge >= 0.3 is 0 Å². The molecule has 0 bridgehead atoms. The van der Waals surface area contributed by atoms with Gasteiger partial charge in [0, 0.05) is 11.4 Å². The van der Waals surface area contributed by atoms with E-state index in [1.54, 1.807) is 13.8 Å². The van der Waals surface area contributed by atoms with Crippen molar-refractivity contribution in [2.24, 2.45) is 0 Å². The number of carbonyl (C=O) groups excluding carboxylic acids is 2. The molecule has 0 fully saturated rings. The summed E-state index contributed by atoms with van der Waals surface area (Å²) in [5.41, 5.74) is 2.40. The lowest BCUT2D eigenvalue weighted by molar-refractivity contribution is -0.108. The normalized spacial score (nSPS) is 10.4. The maximum Gasteiger partial charge on any atom is 0.239 e. The molecule has 0 unspecified atom stereocenters. The maximum atomic E-state index is 12.2. The minimum atomic E-state index is -0.259. The van der Waals surface area contributed by atoms with Crippen LogP contribution in [0.4, 0.5) is 17.3 Å². The van der Waals surface area contributed by atoms with E-state index < -0.39 is 0 Å². The SMILES string of the molecule is C=C(C)C(=O)Sc1nc(SC(=O)C(=C)C)nc(N(c2ccccc2)c2ccccc2)n1. The van der Waals surface area contributed by atoms with Gasteiger partial charge in [0.25, 0.3) is 0 Å². The summed E-state index contributed by atoms with van der Waals surface area (Å²) in [4.78, 5) is 39.7. The predicted octanol–water partition coefficient (Wildman–Crippen LogP) is 5.73. The Morgan fingerprint density at radius 1 is 0.710 bits per heavy atom. The average molecular weight is 449 g/mol. The van der Waals surface area contributed by atoms with E-state index in [0.29, 0.717) is 17.1 Å².